The molecular formula is C15H21N3O7S. The maximum atomic E-state index is 12.0. The highest BCUT2D eigenvalue weighted by atomic mass is 32.2. The molecule has 0 aromatic heterocycles. The molecule has 0 radical (unpaired) electrons. The normalized spacial score (nSPS) is 17.8. The molecule has 26 heavy (non-hydrogen) atoms. The lowest BCUT2D eigenvalue weighted by Gasteiger charge is -2.24. The summed E-state index contributed by atoms with van der Waals surface area (Å²) in [6, 6.07) is 3.18. The summed E-state index contributed by atoms with van der Waals surface area (Å²) in [5.41, 5.74) is -1.13. The van der Waals surface area contributed by atoms with Crippen LogP contribution in [0.5, 0.6) is 5.75 Å². The Hall–Kier alpha value is -2.40. The van der Waals surface area contributed by atoms with Crippen molar-refractivity contribution in [3.63, 3.8) is 0 Å². The average molecular weight is 387 g/mol. The Morgan fingerprint density at radius 1 is 1.38 bits per heavy atom. The van der Waals surface area contributed by atoms with E-state index in [9.17, 15) is 23.3 Å². The maximum absolute atomic E-state index is 12.0. The summed E-state index contributed by atoms with van der Waals surface area (Å²) in [4.78, 5) is 23.6. The van der Waals surface area contributed by atoms with E-state index in [-0.39, 0.29) is 17.2 Å². The highest BCUT2D eigenvalue weighted by Gasteiger charge is 2.32. The number of nitro groups is 1. The third-order valence-corrected chi connectivity index (χ3v) is 4.46. The Morgan fingerprint density at radius 3 is 2.58 bits per heavy atom. The van der Waals surface area contributed by atoms with Crippen LogP contribution >= 0.6 is 0 Å². The van der Waals surface area contributed by atoms with Gasteiger partial charge in [0.2, 0.25) is 10.0 Å². The second kappa shape index (κ2) is 7.08. The molecule has 1 atom stereocenters. The molecule has 1 aliphatic rings. The fourth-order valence-corrected chi connectivity index (χ4v) is 2.95. The van der Waals surface area contributed by atoms with Crippen molar-refractivity contribution in [1.82, 2.24) is 4.90 Å². The van der Waals surface area contributed by atoms with Crippen molar-refractivity contribution < 1.29 is 27.6 Å². The van der Waals surface area contributed by atoms with E-state index in [4.69, 9.17) is 14.6 Å². The fourth-order valence-electron chi connectivity index (χ4n) is 2.41. The molecule has 1 fully saturated rings. The third kappa shape index (κ3) is 5.05. The SMILES string of the molecule is CC(C)(C)OC(=O)N1CCC(Oc2ccc(S(N)(=O)=O)cc2[N+](=O)[O-])C1. The lowest BCUT2D eigenvalue weighted by molar-refractivity contribution is -0.386. The minimum absolute atomic E-state index is 0.0848. The van der Waals surface area contributed by atoms with E-state index in [1.165, 1.54) is 11.0 Å². The Labute approximate surface area is 151 Å². The summed E-state index contributed by atoms with van der Waals surface area (Å²) in [5.74, 6) is -0.0848. The standard InChI is InChI=1S/C15H21N3O7S/c1-15(2,3)25-14(19)17-7-6-10(9-17)24-13-5-4-11(26(16,22)23)8-12(13)18(20)21/h4-5,8,10H,6-7,9H2,1-3H3,(H2,16,22,23). The molecule has 1 aromatic rings. The number of hydrogen-bond donors (Lipinski definition) is 1. The molecule has 0 spiro atoms. The van der Waals surface area contributed by atoms with Gasteiger partial charge in [0.1, 0.15) is 11.7 Å². The van der Waals surface area contributed by atoms with E-state index in [2.05, 4.69) is 0 Å². The molecule has 1 saturated heterocycles. The summed E-state index contributed by atoms with van der Waals surface area (Å²) in [6.07, 6.45) is -0.489. The summed E-state index contributed by atoms with van der Waals surface area (Å²) >= 11 is 0. The Morgan fingerprint density at radius 2 is 2.04 bits per heavy atom. The van der Waals surface area contributed by atoms with Gasteiger partial charge in [-0.05, 0) is 32.9 Å². The first kappa shape index (κ1) is 19.9. The molecule has 2 N–H and O–H groups in total. The highest BCUT2D eigenvalue weighted by molar-refractivity contribution is 7.89. The van der Waals surface area contributed by atoms with Crippen LogP contribution in [0.25, 0.3) is 0 Å². The van der Waals surface area contributed by atoms with Crippen LogP contribution in [0, 0.1) is 10.1 Å². The fraction of sp³-hybridized carbons (Fsp3) is 0.533. The predicted octanol–water partition coefficient (Wildman–Crippen LogP) is 1.63. The first-order valence-corrected chi connectivity index (χ1v) is 9.37. The molecule has 0 bridgehead atoms. The molecule has 10 nitrogen and oxygen atoms in total. The van der Waals surface area contributed by atoms with Crippen molar-refractivity contribution in [2.75, 3.05) is 13.1 Å². The van der Waals surface area contributed by atoms with Crippen LogP contribution in [-0.4, -0.2) is 49.1 Å². The molecule has 2 rings (SSSR count). The summed E-state index contributed by atoms with van der Waals surface area (Å²) in [5, 5.41) is 16.2. The van der Waals surface area contributed by atoms with Gasteiger partial charge in [-0.15, -0.1) is 0 Å². The zero-order chi connectivity index (χ0) is 19.7. The van der Waals surface area contributed by atoms with Crippen molar-refractivity contribution in [3.8, 4) is 5.75 Å². The number of nitrogens with two attached hydrogens (primary N) is 1. The van der Waals surface area contributed by atoms with Crippen LogP contribution in [0.2, 0.25) is 0 Å². The molecule has 1 amide bonds. The minimum atomic E-state index is -4.07. The number of rotatable bonds is 4. The number of nitrogens with zero attached hydrogens (tertiary/aromatic N) is 2. The minimum Gasteiger partial charge on any atom is -0.482 e. The van der Waals surface area contributed by atoms with Gasteiger partial charge in [0.15, 0.2) is 5.75 Å². The largest absolute Gasteiger partial charge is 0.482 e. The molecule has 144 valence electrons. The van der Waals surface area contributed by atoms with E-state index >= 15 is 0 Å². The Bertz CT molecular complexity index is 817. The number of hydrogen-bond acceptors (Lipinski definition) is 7. The van der Waals surface area contributed by atoms with E-state index in [0.29, 0.717) is 13.0 Å². The highest BCUT2D eigenvalue weighted by Crippen LogP contribution is 2.31. The topological polar surface area (TPSA) is 142 Å². The van der Waals surface area contributed by atoms with E-state index in [1.807, 2.05) is 0 Å². The van der Waals surface area contributed by atoms with Gasteiger partial charge in [0.05, 0.1) is 16.4 Å². The van der Waals surface area contributed by atoms with Crippen LogP contribution in [0.1, 0.15) is 27.2 Å². The Kier molecular flexibility index (Phi) is 5.42. The predicted molar refractivity (Wildman–Crippen MR) is 91.3 cm³/mol. The molecule has 0 saturated carbocycles. The Balaban J connectivity index is 2.12. The van der Waals surface area contributed by atoms with Crippen molar-refractivity contribution >= 4 is 21.8 Å². The molecule has 11 heteroatoms. The van der Waals surface area contributed by atoms with Crippen molar-refractivity contribution in [1.29, 1.82) is 0 Å². The van der Waals surface area contributed by atoms with Gasteiger partial charge in [-0.25, -0.2) is 18.4 Å². The van der Waals surface area contributed by atoms with E-state index in [1.54, 1.807) is 20.8 Å². The number of amides is 1. The van der Waals surface area contributed by atoms with E-state index < -0.39 is 38.4 Å². The number of sulfonamides is 1. The second-order valence-electron chi connectivity index (χ2n) is 6.89. The van der Waals surface area contributed by atoms with Crippen LogP contribution in [0.15, 0.2) is 23.1 Å². The number of ether oxygens (including phenoxy) is 2. The summed E-state index contributed by atoms with van der Waals surface area (Å²) < 4.78 is 33.6. The maximum Gasteiger partial charge on any atom is 0.410 e. The van der Waals surface area contributed by atoms with Gasteiger partial charge in [-0.2, -0.15) is 0 Å². The number of primary sulfonamides is 1. The average Bonchev–Trinajstić information content (AvgIpc) is 2.93. The van der Waals surface area contributed by atoms with Gasteiger partial charge >= 0.3 is 11.8 Å². The number of likely N-dealkylation sites (tertiary alicyclic amines) is 1. The van der Waals surface area contributed by atoms with Crippen molar-refractivity contribution in [2.24, 2.45) is 5.14 Å². The van der Waals surface area contributed by atoms with Gasteiger partial charge in [0.25, 0.3) is 0 Å². The first-order chi connectivity index (χ1) is 11.9. The smallest absolute Gasteiger partial charge is 0.410 e. The lowest BCUT2D eigenvalue weighted by atomic mass is 10.2. The molecular weight excluding hydrogens is 366 g/mol. The quantitative estimate of drug-likeness (QED) is 0.611. The molecule has 1 heterocycles. The van der Waals surface area contributed by atoms with Crippen molar-refractivity contribution in [3.05, 3.63) is 28.3 Å². The monoisotopic (exact) mass is 387 g/mol. The van der Waals surface area contributed by atoms with Crippen LogP contribution < -0.4 is 9.88 Å². The number of carbonyl (C=O) groups excluding carboxylic acids is 1. The van der Waals surface area contributed by atoms with Gasteiger partial charge < -0.3 is 14.4 Å². The van der Waals surface area contributed by atoms with Crippen molar-refractivity contribution in [2.45, 2.75) is 43.8 Å². The molecule has 0 aliphatic carbocycles. The van der Waals surface area contributed by atoms with Crippen LogP contribution in [0.4, 0.5) is 10.5 Å². The summed E-state index contributed by atoms with van der Waals surface area (Å²) in [6.45, 7) is 5.87. The molecule has 1 unspecified atom stereocenters. The van der Waals surface area contributed by atoms with E-state index in [0.717, 1.165) is 12.1 Å². The molecule has 1 aromatic carbocycles. The third-order valence-electron chi connectivity index (χ3n) is 3.55. The van der Waals surface area contributed by atoms with Gasteiger partial charge in [0, 0.05) is 19.0 Å². The number of benzene rings is 1. The number of nitro benzene ring substituents is 1. The first-order valence-electron chi connectivity index (χ1n) is 7.82. The lowest BCUT2D eigenvalue weighted by Crippen LogP contribution is -2.36. The zero-order valence-corrected chi connectivity index (χ0v) is 15.5. The van der Waals surface area contributed by atoms with Gasteiger partial charge in [-0.1, -0.05) is 0 Å². The second-order valence-corrected chi connectivity index (χ2v) is 8.45. The summed E-state index contributed by atoms with van der Waals surface area (Å²) in [7, 11) is -4.07. The van der Waals surface area contributed by atoms with Crippen LogP contribution in [0.3, 0.4) is 0 Å². The van der Waals surface area contributed by atoms with Gasteiger partial charge in [-0.3, -0.25) is 10.1 Å². The zero-order valence-electron chi connectivity index (χ0n) is 14.7. The number of carbonyl (C=O) groups is 1. The van der Waals surface area contributed by atoms with Crippen LogP contribution in [-0.2, 0) is 14.8 Å². The molecule has 1 aliphatic heterocycles.